The molecule has 0 aliphatic carbocycles. The number of ketones is 1. The molecule has 0 fully saturated rings. The molecule has 0 radical (unpaired) electrons. The zero-order chi connectivity index (χ0) is 15.0. The number of fused-ring (bicyclic) bond motifs is 1. The fraction of sp³-hybridized carbons (Fsp3) is 0.188. The van der Waals surface area contributed by atoms with Crippen LogP contribution in [0.4, 0.5) is 0 Å². The van der Waals surface area contributed by atoms with Gasteiger partial charge in [0.2, 0.25) is 0 Å². The lowest BCUT2D eigenvalue weighted by Gasteiger charge is -2.09. The van der Waals surface area contributed by atoms with Gasteiger partial charge in [0.15, 0.2) is 5.78 Å². The topological polar surface area (TPSA) is 26.3 Å². The summed E-state index contributed by atoms with van der Waals surface area (Å²) in [5, 5.41) is 0.596. The standard InChI is InChI=1S/C16H11Br2ClO2/c17-12-5-10-3-4-21-16(10)11(6-12)8-15(20)9-1-2-14(19)13(18)7-9/h1-2,5-7H,3-4,8H2. The van der Waals surface area contributed by atoms with Crippen molar-refractivity contribution >= 4 is 49.2 Å². The number of carbonyl (C=O) groups excluding carboxylic acids is 1. The van der Waals surface area contributed by atoms with Gasteiger partial charge in [0.25, 0.3) is 0 Å². The minimum Gasteiger partial charge on any atom is -0.493 e. The highest BCUT2D eigenvalue weighted by Crippen LogP contribution is 2.34. The van der Waals surface area contributed by atoms with Gasteiger partial charge in [0.1, 0.15) is 5.75 Å². The van der Waals surface area contributed by atoms with Gasteiger partial charge in [-0.15, -0.1) is 0 Å². The zero-order valence-corrected chi connectivity index (χ0v) is 14.9. The maximum atomic E-state index is 12.5. The van der Waals surface area contributed by atoms with Crippen molar-refractivity contribution in [3.8, 4) is 5.75 Å². The Labute approximate surface area is 144 Å². The Balaban J connectivity index is 1.90. The quantitative estimate of drug-likeness (QED) is 0.624. The van der Waals surface area contributed by atoms with E-state index in [1.165, 1.54) is 0 Å². The van der Waals surface area contributed by atoms with Crippen LogP contribution in [0.3, 0.4) is 0 Å². The molecule has 2 aromatic rings. The molecule has 2 nitrogen and oxygen atoms in total. The summed E-state index contributed by atoms with van der Waals surface area (Å²) >= 11 is 12.8. The molecular formula is C16H11Br2ClO2. The maximum Gasteiger partial charge on any atom is 0.167 e. The third-order valence-corrected chi connectivity index (χ3v) is 5.09. The molecule has 3 rings (SSSR count). The third-order valence-electron chi connectivity index (χ3n) is 3.42. The van der Waals surface area contributed by atoms with Gasteiger partial charge >= 0.3 is 0 Å². The average Bonchev–Trinajstić information content (AvgIpc) is 2.90. The van der Waals surface area contributed by atoms with Crippen molar-refractivity contribution in [3.63, 3.8) is 0 Å². The second-order valence-corrected chi connectivity index (χ2v) is 7.06. The molecule has 0 saturated heterocycles. The van der Waals surface area contributed by atoms with E-state index < -0.39 is 0 Å². The van der Waals surface area contributed by atoms with E-state index >= 15 is 0 Å². The SMILES string of the molecule is O=C(Cc1cc(Br)cc2c1OCC2)c1ccc(Cl)c(Br)c1. The molecular weight excluding hydrogens is 419 g/mol. The summed E-state index contributed by atoms with van der Waals surface area (Å²) in [5.74, 6) is 0.905. The molecule has 21 heavy (non-hydrogen) atoms. The smallest absolute Gasteiger partial charge is 0.167 e. The van der Waals surface area contributed by atoms with Crippen molar-refractivity contribution in [3.05, 3.63) is 61.0 Å². The van der Waals surface area contributed by atoms with E-state index in [-0.39, 0.29) is 5.78 Å². The summed E-state index contributed by atoms with van der Waals surface area (Å²) in [6.45, 7) is 0.680. The second kappa shape index (κ2) is 6.11. The molecule has 0 atom stereocenters. The predicted molar refractivity (Wildman–Crippen MR) is 90.5 cm³/mol. The van der Waals surface area contributed by atoms with Gasteiger partial charge in [0, 0.05) is 32.9 Å². The van der Waals surface area contributed by atoms with Crippen LogP contribution in [0.5, 0.6) is 5.75 Å². The average molecular weight is 431 g/mol. The number of halogens is 3. The normalized spacial score (nSPS) is 12.9. The predicted octanol–water partition coefficient (Wildman–Crippen LogP) is 5.23. The number of carbonyl (C=O) groups is 1. The fourth-order valence-electron chi connectivity index (χ4n) is 2.42. The maximum absolute atomic E-state index is 12.5. The van der Waals surface area contributed by atoms with Gasteiger partial charge in [-0.1, -0.05) is 27.5 Å². The molecule has 0 amide bonds. The van der Waals surface area contributed by atoms with Gasteiger partial charge in [-0.3, -0.25) is 4.79 Å². The first-order valence-corrected chi connectivity index (χ1v) is 8.43. The number of benzene rings is 2. The zero-order valence-electron chi connectivity index (χ0n) is 11.0. The van der Waals surface area contributed by atoms with Crippen LogP contribution < -0.4 is 4.74 Å². The van der Waals surface area contributed by atoms with Crippen LogP contribution in [0.2, 0.25) is 5.02 Å². The summed E-state index contributed by atoms with van der Waals surface area (Å²) < 4.78 is 7.37. The number of rotatable bonds is 3. The second-order valence-electron chi connectivity index (χ2n) is 4.88. The summed E-state index contributed by atoms with van der Waals surface area (Å²) in [7, 11) is 0. The van der Waals surface area contributed by atoms with Gasteiger partial charge in [-0.05, 0) is 51.8 Å². The van der Waals surface area contributed by atoms with Crippen LogP contribution in [-0.2, 0) is 12.8 Å². The van der Waals surface area contributed by atoms with Gasteiger partial charge < -0.3 is 4.74 Å². The van der Waals surface area contributed by atoms with Crippen molar-refractivity contribution in [2.24, 2.45) is 0 Å². The summed E-state index contributed by atoms with van der Waals surface area (Å²) in [4.78, 5) is 12.5. The van der Waals surface area contributed by atoms with Crippen molar-refractivity contribution in [1.29, 1.82) is 0 Å². The number of hydrogen-bond acceptors (Lipinski definition) is 2. The highest BCUT2D eigenvalue weighted by Gasteiger charge is 2.20. The minimum atomic E-state index is 0.0446. The van der Waals surface area contributed by atoms with Crippen LogP contribution in [-0.4, -0.2) is 12.4 Å². The van der Waals surface area contributed by atoms with E-state index in [1.807, 2.05) is 6.07 Å². The molecule has 5 heteroatoms. The molecule has 108 valence electrons. The van der Waals surface area contributed by atoms with Crippen LogP contribution >= 0.6 is 43.5 Å². The Morgan fingerprint density at radius 3 is 2.81 bits per heavy atom. The first kappa shape index (κ1) is 15.1. The minimum absolute atomic E-state index is 0.0446. The van der Waals surface area contributed by atoms with Crippen molar-refractivity contribution in [1.82, 2.24) is 0 Å². The van der Waals surface area contributed by atoms with E-state index in [0.717, 1.165) is 32.2 Å². The molecule has 0 unspecified atom stereocenters. The number of Topliss-reactive ketones (excluding diaryl/α,β-unsaturated/α-hetero) is 1. The Hall–Kier alpha value is -0.840. The van der Waals surface area contributed by atoms with E-state index in [9.17, 15) is 4.79 Å². The van der Waals surface area contributed by atoms with Gasteiger partial charge in [0.05, 0.1) is 11.6 Å². The molecule has 0 bridgehead atoms. The monoisotopic (exact) mass is 428 g/mol. The van der Waals surface area contributed by atoms with E-state index in [0.29, 0.717) is 23.6 Å². The molecule has 1 aliphatic rings. The highest BCUT2D eigenvalue weighted by atomic mass is 79.9. The summed E-state index contributed by atoms with van der Waals surface area (Å²) in [5.41, 5.74) is 2.72. The van der Waals surface area contributed by atoms with Crippen molar-refractivity contribution in [2.75, 3.05) is 6.61 Å². The van der Waals surface area contributed by atoms with Crippen LogP contribution in [0, 0.1) is 0 Å². The van der Waals surface area contributed by atoms with E-state index in [4.69, 9.17) is 16.3 Å². The Morgan fingerprint density at radius 2 is 2.05 bits per heavy atom. The summed E-state index contributed by atoms with van der Waals surface area (Å²) in [6.07, 6.45) is 1.21. The van der Waals surface area contributed by atoms with E-state index in [2.05, 4.69) is 37.9 Å². The molecule has 0 N–H and O–H groups in total. The Morgan fingerprint density at radius 1 is 1.24 bits per heavy atom. The summed E-state index contributed by atoms with van der Waals surface area (Å²) in [6, 6.07) is 9.22. The molecule has 1 heterocycles. The molecule has 2 aromatic carbocycles. The number of ether oxygens (including phenoxy) is 1. The van der Waals surface area contributed by atoms with Crippen LogP contribution in [0.1, 0.15) is 21.5 Å². The highest BCUT2D eigenvalue weighted by molar-refractivity contribution is 9.10. The third kappa shape index (κ3) is 3.17. The van der Waals surface area contributed by atoms with Crippen LogP contribution in [0.15, 0.2) is 39.3 Å². The van der Waals surface area contributed by atoms with Crippen molar-refractivity contribution < 1.29 is 9.53 Å². The largest absolute Gasteiger partial charge is 0.493 e. The number of hydrogen-bond donors (Lipinski definition) is 0. The lowest BCUT2D eigenvalue weighted by molar-refractivity contribution is 0.0992. The van der Waals surface area contributed by atoms with Crippen molar-refractivity contribution in [2.45, 2.75) is 12.8 Å². The molecule has 1 aliphatic heterocycles. The first-order chi connectivity index (χ1) is 10.0. The van der Waals surface area contributed by atoms with Gasteiger partial charge in [-0.2, -0.15) is 0 Å². The Bertz CT molecular complexity index is 728. The Kier molecular flexibility index (Phi) is 4.38. The molecule has 0 spiro atoms. The molecule has 0 aromatic heterocycles. The van der Waals surface area contributed by atoms with E-state index in [1.54, 1.807) is 18.2 Å². The van der Waals surface area contributed by atoms with Crippen LogP contribution in [0.25, 0.3) is 0 Å². The molecule has 0 saturated carbocycles. The lowest BCUT2D eigenvalue weighted by Crippen LogP contribution is -2.05. The first-order valence-electron chi connectivity index (χ1n) is 6.47. The lowest BCUT2D eigenvalue weighted by atomic mass is 10.00. The fourth-order valence-corrected chi connectivity index (χ4v) is 3.47. The van der Waals surface area contributed by atoms with Gasteiger partial charge in [-0.25, -0.2) is 0 Å².